The fourth-order valence-electron chi connectivity index (χ4n) is 4.69. The zero-order chi connectivity index (χ0) is 17.3. The van der Waals surface area contributed by atoms with Gasteiger partial charge in [0.25, 0.3) is 0 Å². The summed E-state index contributed by atoms with van der Waals surface area (Å²) in [5.41, 5.74) is 4.41. The van der Waals surface area contributed by atoms with Crippen LogP contribution in [0.15, 0.2) is 30.4 Å². The van der Waals surface area contributed by atoms with Gasteiger partial charge in [-0.05, 0) is 37.0 Å². The maximum absolute atomic E-state index is 11.9. The van der Waals surface area contributed by atoms with Crippen molar-refractivity contribution in [3.8, 4) is 17.4 Å². The second-order valence-corrected chi connectivity index (χ2v) is 7.22. The van der Waals surface area contributed by atoms with Crippen molar-refractivity contribution in [2.24, 2.45) is 0 Å². The van der Waals surface area contributed by atoms with Gasteiger partial charge in [0.15, 0.2) is 0 Å². The van der Waals surface area contributed by atoms with Gasteiger partial charge < -0.3 is 15.1 Å². The van der Waals surface area contributed by atoms with Gasteiger partial charge in [0.2, 0.25) is 17.7 Å². The summed E-state index contributed by atoms with van der Waals surface area (Å²) in [7, 11) is 0. The molecular weight excluding hydrogens is 316 g/mol. The van der Waals surface area contributed by atoms with E-state index in [0.717, 1.165) is 41.6 Å². The van der Waals surface area contributed by atoms with Crippen molar-refractivity contribution in [2.45, 2.75) is 38.0 Å². The molecule has 5 nitrogen and oxygen atoms in total. The van der Waals surface area contributed by atoms with E-state index in [1.54, 1.807) is 11.8 Å². The molecule has 6 rings (SSSR count). The molecule has 0 saturated heterocycles. The fourth-order valence-corrected chi connectivity index (χ4v) is 4.69. The average Bonchev–Trinajstić information content (AvgIpc) is 3.16. The highest BCUT2D eigenvalue weighted by atomic mass is 16.3. The molecule has 2 bridgehead atoms. The highest BCUT2D eigenvalue weighted by Gasteiger charge is 2.38. The summed E-state index contributed by atoms with van der Waals surface area (Å²) >= 11 is 0. The SMILES string of the molecule is CC(=O)N1CCc2ccc(-n3c(O)c4c(c3O)[C@H]3C=C[C@@H]4CC3)cc21. The van der Waals surface area contributed by atoms with Gasteiger partial charge in [-0.1, -0.05) is 18.2 Å². The maximum Gasteiger partial charge on any atom is 0.223 e. The summed E-state index contributed by atoms with van der Waals surface area (Å²) in [4.78, 5) is 13.6. The van der Waals surface area contributed by atoms with Crippen LogP contribution in [0.25, 0.3) is 5.69 Å². The number of allylic oxidation sites excluding steroid dienone is 2. The summed E-state index contributed by atoms with van der Waals surface area (Å²) < 4.78 is 1.53. The number of aromatic hydroxyl groups is 2. The number of anilines is 1. The average molecular weight is 336 g/mol. The lowest BCUT2D eigenvalue weighted by Gasteiger charge is -2.30. The van der Waals surface area contributed by atoms with E-state index in [1.165, 1.54) is 4.57 Å². The van der Waals surface area contributed by atoms with Gasteiger partial charge in [-0.25, -0.2) is 0 Å². The first-order valence-electron chi connectivity index (χ1n) is 8.82. The Kier molecular flexibility index (Phi) is 2.87. The Morgan fingerprint density at radius 3 is 2.28 bits per heavy atom. The third-order valence-electron chi connectivity index (χ3n) is 5.90. The van der Waals surface area contributed by atoms with Gasteiger partial charge in [-0.2, -0.15) is 0 Å². The minimum Gasteiger partial charge on any atom is -0.494 e. The van der Waals surface area contributed by atoms with Crippen LogP contribution in [-0.4, -0.2) is 27.2 Å². The normalized spacial score (nSPS) is 23.0. The second-order valence-electron chi connectivity index (χ2n) is 7.22. The molecule has 2 N–H and O–H groups in total. The molecule has 1 aromatic carbocycles. The molecule has 5 heteroatoms. The minimum absolute atomic E-state index is 0.0124. The molecule has 25 heavy (non-hydrogen) atoms. The van der Waals surface area contributed by atoms with Crippen LogP contribution in [0, 0.1) is 0 Å². The highest BCUT2D eigenvalue weighted by Crippen LogP contribution is 2.54. The van der Waals surface area contributed by atoms with Crippen LogP contribution < -0.4 is 4.90 Å². The first-order chi connectivity index (χ1) is 12.1. The lowest BCUT2D eigenvalue weighted by molar-refractivity contribution is -0.116. The quantitative estimate of drug-likeness (QED) is 0.785. The van der Waals surface area contributed by atoms with Gasteiger partial charge in [0.05, 0.1) is 5.69 Å². The van der Waals surface area contributed by atoms with E-state index in [9.17, 15) is 15.0 Å². The number of benzene rings is 1. The van der Waals surface area contributed by atoms with Crippen LogP contribution in [0.4, 0.5) is 5.69 Å². The fraction of sp³-hybridized carbons (Fsp3) is 0.350. The molecule has 0 radical (unpaired) electrons. The molecule has 2 heterocycles. The first-order valence-corrected chi connectivity index (χ1v) is 8.82. The highest BCUT2D eigenvalue weighted by molar-refractivity contribution is 5.94. The van der Waals surface area contributed by atoms with Crippen molar-refractivity contribution in [1.29, 1.82) is 0 Å². The van der Waals surface area contributed by atoms with Gasteiger partial charge in [0, 0.05) is 42.1 Å². The maximum atomic E-state index is 11.9. The Bertz CT molecular complexity index is 903. The van der Waals surface area contributed by atoms with E-state index in [1.807, 2.05) is 18.2 Å². The van der Waals surface area contributed by atoms with Gasteiger partial charge in [-0.15, -0.1) is 0 Å². The van der Waals surface area contributed by atoms with E-state index in [0.29, 0.717) is 12.2 Å². The third kappa shape index (κ3) is 1.86. The Morgan fingerprint density at radius 2 is 1.72 bits per heavy atom. The molecule has 4 aliphatic rings. The number of carbonyl (C=O) groups excluding carboxylic acids is 1. The van der Waals surface area contributed by atoms with Crippen LogP contribution in [0.5, 0.6) is 11.8 Å². The van der Waals surface area contributed by atoms with Gasteiger partial charge >= 0.3 is 0 Å². The Morgan fingerprint density at radius 1 is 1.08 bits per heavy atom. The number of carbonyl (C=O) groups is 1. The minimum atomic E-state index is 0.0124. The van der Waals surface area contributed by atoms with Crippen molar-refractivity contribution in [1.82, 2.24) is 4.57 Å². The van der Waals surface area contributed by atoms with Crippen LogP contribution >= 0.6 is 0 Å². The van der Waals surface area contributed by atoms with Crippen LogP contribution in [0.1, 0.15) is 48.3 Å². The molecule has 128 valence electrons. The van der Waals surface area contributed by atoms with E-state index in [2.05, 4.69) is 12.2 Å². The molecule has 2 aromatic rings. The number of hydrogen-bond acceptors (Lipinski definition) is 3. The smallest absolute Gasteiger partial charge is 0.223 e. The molecule has 1 amide bonds. The summed E-state index contributed by atoms with van der Waals surface area (Å²) in [6.07, 6.45) is 7.13. The second kappa shape index (κ2) is 4.91. The predicted molar refractivity (Wildman–Crippen MR) is 94.7 cm³/mol. The van der Waals surface area contributed by atoms with E-state index in [4.69, 9.17) is 0 Å². The first kappa shape index (κ1) is 14.6. The monoisotopic (exact) mass is 336 g/mol. The predicted octanol–water partition coefficient (Wildman–Crippen LogP) is 3.33. The molecule has 3 aliphatic carbocycles. The molecule has 0 saturated carbocycles. The number of aromatic nitrogens is 1. The van der Waals surface area contributed by atoms with Crippen LogP contribution in [-0.2, 0) is 11.2 Å². The summed E-state index contributed by atoms with van der Waals surface area (Å²) in [5.74, 6) is 0.613. The summed E-state index contributed by atoms with van der Waals surface area (Å²) in [6, 6.07) is 5.78. The van der Waals surface area contributed by atoms with Crippen molar-refractivity contribution < 1.29 is 15.0 Å². The molecule has 1 aliphatic heterocycles. The standard InChI is InChI=1S/C20H20N2O3/c1-11(23)21-9-8-12-6-7-15(10-16(12)21)22-19(24)17-13-2-3-14(5-4-13)18(17)20(22)25/h2-3,6-7,10,13-14,24-25H,4-5,8-9H2,1H3/t13-,14+. The largest absolute Gasteiger partial charge is 0.494 e. The van der Waals surface area contributed by atoms with Crippen LogP contribution in [0.3, 0.4) is 0 Å². The third-order valence-corrected chi connectivity index (χ3v) is 5.90. The van der Waals surface area contributed by atoms with Crippen LogP contribution in [0.2, 0.25) is 0 Å². The van der Waals surface area contributed by atoms with Crippen molar-refractivity contribution in [2.75, 3.05) is 11.4 Å². The summed E-state index contributed by atoms with van der Waals surface area (Å²) in [6.45, 7) is 2.25. The number of nitrogens with zero attached hydrogens (tertiary/aromatic N) is 2. The molecule has 0 unspecified atom stereocenters. The molecule has 2 atom stereocenters. The topological polar surface area (TPSA) is 65.7 Å². The Labute approximate surface area is 145 Å². The number of amides is 1. The Hall–Kier alpha value is -2.69. The van der Waals surface area contributed by atoms with Crippen molar-refractivity contribution >= 4 is 11.6 Å². The van der Waals surface area contributed by atoms with Crippen molar-refractivity contribution in [3.05, 3.63) is 47.0 Å². The zero-order valence-electron chi connectivity index (χ0n) is 14.1. The lowest BCUT2D eigenvalue weighted by atomic mass is 9.73. The zero-order valence-corrected chi connectivity index (χ0v) is 14.1. The van der Waals surface area contributed by atoms with E-state index >= 15 is 0 Å². The van der Waals surface area contributed by atoms with E-state index < -0.39 is 0 Å². The van der Waals surface area contributed by atoms with Gasteiger partial charge in [-0.3, -0.25) is 9.36 Å². The molecule has 0 spiro atoms. The number of rotatable bonds is 1. The number of hydrogen-bond donors (Lipinski definition) is 2. The molecule has 1 aromatic heterocycles. The van der Waals surface area contributed by atoms with Crippen molar-refractivity contribution in [3.63, 3.8) is 0 Å². The van der Waals surface area contributed by atoms with Gasteiger partial charge in [0.1, 0.15) is 0 Å². The number of fused-ring (bicyclic) bond motifs is 2. The summed E-state index contributed by atoms with van der Waals surface area (Å²) in [5, 5.41) is 21.7. The van der Waals surface area contributed by atoms with E-state index in [-0.39, 0.29) is 29.5 Å². The molecule has 0 fully saturated rings. The lowest BCUT2D eigenvalue weighted by Crippen LogP contribution is -2.25. The Balaban J connectivity index is 1.68. The molecular formula is C20H20N2O3.